The van der Waals surface area contributed by atoms with Crippen molar-refractivity contribution < 1.29 is 14.3 Å². The Bertz CT molecular complexity index is 429. The van der Waals surface area contributed by atoms with E-state index in [1.807, 2.05) is 13.8 Å². The van der Waals surface area contributed by atoms with Gasteiger partial charge in [-0.15, -0.1) is 0 Å². The molecule has 0 radical (unpaired) electrons. The van der Waals surface area contributed by atoms with Gasteiger partial charge in [-0.25, -0.2) is 4.79 Å². The number of anilines is 1. The molecule has 1 rings (SSSR count). The fourth-order valence-corrected chi connectivity index (χ4v) is 1.42. The monoisotopic (exact) mass is 249 g/mol. The second kappa shape index (κ2) is 6.79. The van der Waals surface area contributed by atoms with E-state index in [-0.39, 0.29) is 11.8 Å². The van der Waals surface area contributed by atoms with Gasteiger partial charge in [0.05, 0.1) is 17.9 Å². The molecule has 1 aromatic rings. The lowest BCUT2D eigenvalue weighted by molar-refractivity contribution is -0.119. The van der Waals surface area contributed by atoms with E-state index in [9.17, 15) is 9.59 Å². The molecule has 0 fully saturated rings. The summed E-state index contributed by atoms with van der Waals surface area (Å²) in [6.07, 6.45) is 0.757. The molecule has 0 aliphatic rings. The number of carbonyl (C=O) groups excluding carboxylic acids is 2. The summed E-state index contributed by atoms with van der Waals surface area (Å²) in [5.74, 6) is -0.591. The third kappa shape index (κ3) is 3.58. The van der Waals surface area contributed by atoms with Gasteiger partial charge >= 0.3 is 5.97 Å². The van der Waals surface area contributed by atoms with Gasteiger partial charge in [-0.2, -0.15) is 0 Å². The molecule has 0 aliphatic heterocycles. The second-order valence-electron chi connectivity index (χ2n) is 4.06. The molecule has 98 valence electrons. The van der Waals surface area contributed by atoms with Crippen molar-refractivity contribution in [2.45, 2.75) is 27.2 Å². The first-order chi connectivity index (χ1) is 8.60. The second-order valence-corrected chi connectivity index (χ2v) is 4.06. The highest BCUT2D eigenvalue weighted by molar-refractivity contribution is 6.01. The van der Waals surface area contributed by atoms with Crippen LogP contribution in [0, 0.1) is 5.92 Å². The third-order valence-corrected chi connectivity index (χ3v) is 2.74. The first kappa shape index (κ1) is 14.2. The van der Waals surface area contributed by atoms with Crippen LogP contribution in [-0.4, -0.2) is 18.5 Å². The molecule has 4 heteroatoms. The highest BCUT2D eigenvalue weighted by Gasteiger charge is 2.16. The van der Waals surface area contributed by atoms with Crippen molar-refractivity contribution >= 4 is 17.6 Å². The topological polar surface area (TPSA) is 55.4 Å². The van der Waals surface area contributed by atoms with Gasteiger partial charge in [0, 0.05) is 5.92 Å². The maximum Gasteiger partial charge on any atom is 0.340 e. The number of nitrogens with one attached hydrogen (secondary N) is 1. The number of rotatable bonds is 5. The molecule has 4 nitrogen and oxygen atoms in total. The maximum atomic E-state index is 11.8. The normalized spacial score (nSPS) is 11.7. The number of para-hydroxylation sites is 1. The minimum Gasteiger partial charge on any atom is -0.462 e. The van der Waals surface area contributed by atoms with Crippen LogP contribution in [0.25, 0.3) is 0 Å². The summed E-state index contributed by atoms with van der Waals surface area (Å²) < 4.78 is 4.95. The fourth-order valence-electron chi connectivity index (χ4n) is 1.42. The van der Waals surface area contributed by atoms with Crippen LogP contribution in [0.3, 0.4) is 0 Å². The lowest BCUT2D eigenvalue weighted by Gasteiger charge is -2.13. The highest BCUT2D eigenvalue weighted by atomic mass is 16.5. The van der Waals surface area contributed by atoms with Crippen LogP contribution in [0.2, 0.25) is 0 Å². The average Bonchev–Trinajstić information content (AvgIpc) is 2.38. The Hall–Kier alpha value is -1.84. The van der Waals surface area contributed by atoms with Gasteiger partial charge in [-0.05, 0) is 25.5 Å². The number of esters is 1. The van der Waals surface area contributed by atoms with E-state index >= 15 is 0 Å². The van der Waals surface area contributed by atoms with E-state index in [2.05, 4.69) is 5.32 Å². The number of amides is 1. The van der Waals surface area contributed by atoms with E-state index in [1.54, 1.807) is 31.2 Å². The lowest BCUT2D eigenvalue weighted by atomic mass is 10.1. The third-order valence-electron chi connectivity index (χ3n) is 2.74. The maximum absolute atomic E-state index is 11.8. The minimum absolute atomic E-state index is 0.0831. The van der Waals surface area contributed by atoms with Crippen molar-refractivity contribution in [2.24, 2.45) is 5.92 Å². The lowest BCUT2D eigenvalue weighted by Crippen LogP contribution is -2.21. The van der Waals surface area contributed by atoms with Gasteiger partial charge in [-0.3, -0.25) is 4.79 Å². The van der Waals surface area contributed by atoms with Gasteiger partial charge < -0.3 is 10.1 Å². The van der Waals surface area contributed by atoms with Gasteiger partial charge in [0.1, 0.15) is 0 Å². The zero-order valence-corrected chi connectivity index (χ0v) is 11.0. The number of ether oxygens (including phenoxy) is 1. The Balaban J connectivity index is 2.89. The standard InChI is InChI=1S/C14H19NO3/c1-4-10(3)13(16)15-12-9-7-6-8-11(12)14(17)18-5-2/h6-10H,4-5H2,1-3H3,(H,15,16)/t10-/m1/s1. The van der Waals surface area contributed by atoms with Crippen molar-refractivity contribution in [3.8, 4) is 0 Å². The highest BCUT2D eigenvalue weighted by Crippen LogP contribution is 2.17. The van der Waals surface area contributed by atoms with Crippen molar-refractivity contribution in [3.63, 3.8) is 0 Å². The Morgan fingerprint density at radius 3 is 2.56 bits per heavy atom. The zero-order chi connectivity index (χ0) is 13.5. The molecule has 0 spiro atoms. The molecule has 0 bridgehead atoms. The Morgan fingerprint density at radius 2 is 1.94 bits per heavy atom. The molecule has 0 saturated carbocycles. The Kier molecular flexibility index (Phi) is 5.36. The van der Waals surface area contributed by atoms with Crippen LogP contribution in [0.15, 0.2) is 24.3 Å². The van der Waals surface area contributed by atoms with Gasteiger partial charge in [0.2, 0.25) is 5.91 Å². The summed E-state index contributed by atoms with van der Waals surface area (Å²) in [6, 6.07) is 6.86. The molecular weight excluding hydrogens is 230 g/mol. The van der Waals surface area contributed by atoms with Crippen LogP contribution in [-0.2, 0) is 9.53 Å². The van der Waals surface area contributed by atoms with E-state index in [1.165, 1.54) is 0 Å². The van der Waals surface area contributed by atoms with E-state index < -0.39 is 5.97 Å². The zero-order valence-electron chi connectivity index (χ0n) is 11.0. The number of hydrogen-bond acceptors (Lipinski definition) is 3. The van der Waals surface area contributed by atoms with Crippen LogP contribution >= 0.6 is 0 Å². The fraction of sp³-hybridized carbons (Fsp3) is 0.429. The summed E-state index contributed by atoms with van der Waals surface area (Å²) in [6.45, 7) is 5.86. The van der Waals surface area contributed by atoms with Crippen LogP contribution in [0.4, 0.5) is 5.69 Å². The van der Waals surface area contributed by atoms with Crippen molar-refractivity contribution in [3.05, 3.63) is 29.8 Å². The number of hydrogen-bond donors (Lipinski definition) is 1. The smallest absolute Gasteiger partial charge is 0.340 e. The van der Waals surface area contributed by atoms with E-state index in [0.717, 1.165) is 6.42 Å². The molecule has 1 amide bonds. The summed E-state index contributed by atoms with van der Waals surface area (Å²) >= 11 is 0. The number of carbonyl (C=O) groups is 2. The van der Waals surface area contributed by atoms with E-state index in [0.29, 0.717) is 17.9 Å². The van der Waals surface area contributed by atoms with Gasteiger partial charge in [0.25, 0.3) is 0 Å². The quantitative estimate of drug-likeness (QED) is 0.816. The number of benzene rings is 1. The van der Waals surface area contributed by atoms with E-state index in [4.69, 9.17) is 4.74 Å². The Morgan fingerprint density at radius 1 is 1.28 bits per heavy atom. The molecule has 0 heterocycles. The van der Waals surface area contributed by atoms with Gasteiger partial charge in [0.15, 0.2) is 0 Å². The Labute approximate surface area is 107 Å². The molecule has 0 aromatic heterocycles. The molecule has 18 heavy (non-hydrogen) atoms. The van der Waals surface area contributed by atoms with Gasteiger partial charge in [-0.1, -0.05) is 26.0 Å². The molecular formula is C14H19NO3. The predicted molar refractivity (Wildman–Crippen MR) is 70.5 cm³/mol. The molecule has 1 atom stereocenters. The predicted octanol–water partition coefficient (Wildman–Crippen LogP) is 2.85. The molecule has 0 aliphatic carbocycles. The van der Waals surface area contributed by atoms with Crippen molar-refractivity contribution in [1.29, 1.82) is 0 Å². The molecule has 0 saturated heterocycles. The van der Waals surface area contributed by atoms with Crippen LogP contribution in [0.1, 0.15) is 37.6 Å². The summed E-state index contributed by atoms with van der Waals surface area (Å²) in [5.41, 5.74) is 0.886. The molecule has 1 N–H and O–H groups in total. The minimum atomic E-state index is -0.419. The summed E-state index contributed by atoms with van der Waals surface area (Å²) in [4.78, 5) is 23.5. The largest absolute Gasteiger partial charge is 0.462 e. The van der Waals surface area contributed by atoms with Crippen LogP contribution in [0.5, 0.6) is 0 Å². The van der Waals surface area contributed by atoms with Crippen molar-refractivity contribution in [1.82, 2.24) is 0 Å². The SMILES string of the molecule is CCOC(=O)c1ccccc1NC(=O)[C@H](C)CC. The van der Waals surface area contributed by atoms with Crippen molar-refractivity contribution in [2.75, 3.05) is 11.9 Å². The van der Waals surface area contributed by atoms with Crippen LogP contribution < -0.4 is 5.32 Å². The average molecular weight is 249 g/mol. The molecule has 0 unspecified atom stereocenters. The molecule has 1 aromatic carbocycles. The first-order valence-corrected chi connectivity index (χ1v) is 6.17. The summed E-state index contributed by atoms with van der Waals surface area (Å²) in [7, 11) is 0. The summed E-state index contributed by atoms with van der Waals surface area (Å²) in [5, 5.41) is 2.76. The first-order valence-electron chi connectivity index (χ1n) is 6.17.